The second-order valence-corrected chi connectivity index (χ2v) is 9.87. The van der Waals surface area contributed by atoms with Crippen LogP contribution in [0.3, 0.4) is 0 Å². The summed E-state index contributed by atoms with van der Waals surface area (Å²) in [6.45, 7) is 0.854. The molecule has 1 unspecified atom stereocenters. The van der Waals surface area contributed by atoms with Crippen molar-refractivity contribution in [2.45, 2.75) is 62.6 Å². The molecule has 0 bridgehead atoms. The van der Waals surface area contributed by atoms with Crippen LogP contribution in [0.4, 0.5) is 4.79 Å². The highest BCUT2D eigenvalue weighted by atomic mass is 32.2. The van der Waals surface area contributed by atoms with Crippen molar-refractivity contribution in [2.75, 3.05) is 26.5 Å². The number of piperidine rings is 1. The summed E-state index contributed by atoms with van der Waals surface area (Å²) in [4.78, 5) is 13.8. The minimum Gasteiger partial charge on any atom is -0.453 e. The first-order valence-electron chi connectivity index (χ1n) is 10.4. The van der Waals surface area contributed by atoms with Crippen molar-refractivity contribution < 1.29 is 22.7 Å². The third-order valence-electron chi connectivity index (χ3n) is 6.00. The lowest BCUT2D eigenvalue weighted by molar-refractivity contribution is -0.0245. The van der Waals surface area contributed by atoms with Crippen molar-refractivity contribution in [1.29, 1.82) is 0 Å². The zero-order chi connectivity index (χ0) is 20.9. The van der Waals surface area contributed by atoms with Gasteiger partial charge in [-0.3, -0.25) is 0 Å². The molecule has 1 heterocycles. The number of hydrogen-bond donors (Lipinski definition) is 1. The van der Waals surface area contributed by atoms with E-state index in [1.807, 2.05) is 6.07 Å². The molecule has 162 valence electrons. The molecule has 1 aromatic carbocycles. The summed E-state index contributed by atoms with van der Waals surface area (Å²) < 4.78 is 37.3. The SMILES string of the molecule is COC(=O)N1CCCC(NS(C)(=O)=O)[C@H]1CO[C@H]1CC[C@@H](c2ccccc2)CC1. The first kappa shape index (κ1) is 22.1. The van der Waals surface area contributed by atoms with E-state index in [-0.39, 0.29) is 18.2 Å². The second-order valence-electron chi connectivity index (χ2n) is 8.09. The molecule has 1 N–H and O–H groups in total. The largest absolute Gasteiger partial charge is 0.453 e. The van der Waals surface area contributed by atoms with Gasteiger partial charge in [0.05, 0.1) is 32.1 Å². The van der Waals surface area contributed by atoms with Crippen LogP contribution in [0.5, 0.6) is 0 Å². The predicted octanol–water partition coefficient (Wildman–Crippen LogP) is 2.88. The average molecular weight is 425 g/mol. The van der Waals surface area contributed by atoms with E-state index in [1.54, 1.807) is 4.90 Å². The number of methoxy groups -OCH3 is 1. The Balaban J connectivity index is 1.58. The maximum atomic E-state index is 12.2. The van der Waals surface area contributed by atoms with Crippen LogP contribution in [0.15, 0.2) is 30.3 Å². The van der Waals surface area contributed by atoms with Gasteiger partial charge < -0.3 is 14.4 Å². The molecule has 2 atom stereocenters. The lowest BCUT2D eigenvalue weighted by Crippen LogP contribution is -2.59. The average Bonchev–Trinajstić information content (AvgIpc) is 2.72. The molecule has 2 fully saturated rings. The van der Waals surface area contributed by atoms with Crippen molar-refractivity contribution in [3.63, 3.8) is 0 Å². The molecule has 0 aromatic heterocycles. The van der Waals surface area contributed by atoms with Gasteiger partial charge >= 0.3 is 6.09 Å². The lowest BCUT2D eigenvalue weighted by Gasteiger charge is -2.41. The summed E-state index contributed by atoms with van der Waals surface area (Å²) in [6.07, 6.45) is 6.32. The molecule has 3 rings (SSSR count). The summed E-state index contributed by atoms with van der Waals surface area (Å²) in [7, 11) is -2.03. The van der Waals surface area contributed by atoms with Gasteiger partial charge in [0.1, 0.15) is 0 Å². The van der Waals surface area contributed by atoms with E-state index in [9.17, 15) is 13.2 Å². The van der Waals surface area contributed by atoms with Crippen molar-refractivity contribution in [3.8, 4) is 0 Å². The fourth-order valence-corrected chi connectivity index (χ4v) is 5.37. The fraction of sp³-hybridized carbons (Fsp3) is 0.667. The van der Waals surface area contributed by atoms with Crippen LogP contribution in [-0.4, -0.2) is 64.1 Å². The number of ether oxygens (including phenoxy) is 2. The Hall–Kier alpha value is -1.64. The Morgan fingerprint density at radius 1 is 1.14 bits per heavy atom. The molecule has 1 aliphatic heterocycles. The quantitative estimate of drug-likeness (QED) is 0.759. The predicted molar refractivity (Wildman–Crippen MR) is 111 cm³/mol. The van der Waals surface area contributed by atoms with E-state index < -0.39 is 16.1 Å². The van der Waals surface area contributed by atoms with Crippen LogP contribution < -0.4 is 4.72 Å². The zero-order valence-electron chi connectivity index (χ0n) is 17.2. The highest BCUT2D eigenvalue weighted by Gasteiger charge is 2.37. The number of nitrogens with zero attached hydrogens (tertiary/aromatic N) is 1. The van der Waals surface area contributed by atoms with Crippen LogP contribution >= 0.6 is 0 Å². The molecule has 7 nitrogen and oxygen atoms in total. The van der Waals surface area contributed by atoms with Gasteiger partial charge in [-0.15, -0.1) is 0 Å². The van der Waals surface area contributed by atoms with Crippen LogP contribution in [0.1, 0.15) is 50.0 Å². The number of amides is 1. The van der Waals surface area contributed by atoms with E-state index in [0.29, 0.717) is 25.5 Å². The standard InChI is InChI=1S/C21H32N2O5S/c1-27-21(24)23-14-6-9-19(22-29(2,25)26)20(23)15-28-18-12-10-17(11-13-18)16-7-4-3-5-8-16/h3-5,7-8,17-20,22H,6,9-15H2,1-2H3/t17-,18+,19?,20-/m1/s1. The van der Waals surface area contributed by atoms with Crippen molar-refractivity contribution in [1.82, 2.24) is 9.62 Å². The summed E-state index contributed by atoms with van der Waals surface area (Å²) in [5, 5.41) is 0. The van der Waals surface area contributed by atoms with Gasteiger partial charge in [0.25, 0.3) is 0 Å². The smallest absolute Gasteiger partial charge is 0.409 e. The number of carbonyl (C=O) groups is 1. The number of rotatable bonds is 6. The van der Waals surface area contributed by atoms with E-state index in [1.165, 1.54) is 12.7 Å². The molecule has 1 aliphatic carbocycles. The monoisotopic (exact) mass is 424 g/mol. The molecule has 29 heavy (non-hydrogen) atoms. The maximum Gasteiger partial charge on any atom is 0.409 e. The highest BCUT2D eigenvalue weighted by Crippen LogP contribution is 2.34. The number of benzene rings is 1. The van der Waals surface area contributed by atoms with Crippen molar-refractivity contribution >= 4 is 16.1 Å². The number of likely N-dealkylation sites (tertiary alicyclic amines) is 1. The Kier molecular flexibility index (Phi) is 7.54. The zero-order valence-corrected chi connectivity index (χ0v) is 18.1. The normalized spacial score (nSPS) is 28.1. The minimum absolute atomic E-state index is 0.135. The van der Waals surface area contributed by atoms with Crippen LogP contribution in [0.25, 0.3) is 0 Å². The van der Waals surface area contributed by atoms with E-state index >= 15 is 0 Å². The number of carbonyl (C=O) groups excluding carboxylic acids is 1. The molecule has 8 heteroatoms. The third kappa shape index (κ3) is 6.17. The number of sulfonamides is 1. The van der Waals surface area contributed by atoms with Crippen molar-refractivity contribution in [3.05, 3.63) is 35.9 Å². The van der Waals surface area contributed by atoms with Gasteiger partial charge in [-0.25, -0.2) is 17.9 Å². The summed E-state index contributed by atoms with van der Waals surface area (Å²) in [5.41, 5.74) is 1.38. The molecule has 1 saturated heterocycles. The summed E-state index contributed by atoms with van der Waals surface area (Å²) in [6, 6.07) is 9.84. The topological polar surface area (TPSA) is 84.9 Å². The van der Waals surface area contributed by atoms with Gasteiger partial charge in [0, 0.05) is 12.6 Å². The third-order valence-corrected chi connectivity index (χ3v) is 6.73. The molecule has 0 radical (unpaired) electrons. The van der Waals surface area contributed by atoms with Crippen LogP contribution in [0, 0.1) is 0 Å². The Bertz CT molecular complexity index is 763. The number of nitrogens with one attached hydrogen (secondary N) is 1. The fourth-order valence-electron chi connectivity index (χ4n) is 4.54. The first-order valence-corrected chi connectivity index (χ1v) is 12.2. The van der Waals surface area contributed by atoms with E-state index in [0.717, 1.165) is 38.4 Å². The van der Waals surface area contributed by atoms with Crippen LogP contribution in [0.2, 0.25) is 0 Å². The van der Waals surface area contributed by atoms with E-state index in [4.69, 9.17) is 9.47 Å². The maximum absolute atomic E-state index is 12.2. The first-order chi connectivity index (χ1) is 13.9. The molecular formula is C21H32N2O5S. The Labute approximate surface area is 173 Å². The van der Waals surface area contributed by atoms with E-state index in [2.05, 4.69) is 29.0 Å². The Morgan fingerprint density at radius 3 is 2.45 bits per heavy atom. The molecule has 1 saturated carbocycles. The minimum atomic E-state index is -3.38. The van der Waals surface area contributed by atoms with Gasteiger partial charge in [0.15, 0.2) is 0 Å². The summed E-state index contributed by atoms with van der Waals surface area (Å²) >= 11 is 0. The molecule has 1 amide bonds. The van der Waals surface area contributed by atoms with Gasteiger partial charge in [-0.1, -0.05) is 30.3 Å². The molecular weight excluding hydrogens is 392 g/mol. The van der Waals surface area contributed by atoms with Gasteiger partial charge in [-0.2, -0.15) is 0 Å². The molecule has 0 spiro atoms. The van der Waals surface area contributed by atoms with Gasteiger partial charge in [0.2, 0.25) is 10.0 Å². The van der Waals surface area contributed by atoms with Crippen molar-refractivity contribution in [2.24, 2.45) is 0 Å². The Morgan fingerprint density at radius 2 is 1.83 bits per heavy atom. The lowest BCUT2D eigenvalue weighted by atomic mass is 9.83. The van der Waals surface area contributed by atoms with Gasteiger partial charge in [-0.05, 0) is 50.0 Å². The summed E-state index contributed by atoms with van der Waals surface area (Å²) in [5.74, 6) is 0.567. The van der Waals surface area contributed by atoms with Crippen LogP contribution in [-0.2, 0) is 19.5 Å². The molecule has 2 aliphatic rings. The second kappa shape index (κ2) is 9.91. The molecule has 1 aromatic rings. The highest BCUT2D eigenvalue weighted by molar-refractivity contribution is 7.88. The number of hydrogen-bond acceptors (Lipinski definition) is 5.